The molecular weight excluding hydrogens is 240 g/mol. The monoisotopic (exact) mass is 264 g/mol. The van der Waals surface area contributed by atoms with Gasteiger partial charge >= 0.3 is 0 Å². The fraction of sp³-hybridized carbons (Fsp3) is 0.533. The number of hydrogen-bond donors (Lipinski definition) is 2. The third kappa shape index (κ3) is 6.36. The number of nitrogens with one attached hydrogen (secondary N) is 1. The van der Waals surface area contributed by atoms with Gasteiger partial charge in [0.25, 0.3) is 0 Å². The van der Waals surface area contributed by atoms with Crippen molar-refractivity contribution in [1.29, 1.82) is 0 Å². The predicted molar refractivity (Wildman–Crippen MR) is 76.7 cm³/mol. The Hall–Kier alpha value is -1.39. The first-order valence-corrected chi connectivity index (χ1v) is 6.77. The van der Waals surface area contributed by atoms with Crippen molar-refractivity contribution in [2.45, 2.75) is 26.3 Å². The van der Waals surface area contributed by atoms with E-state index >= 15 is 0 Å². The van der Waals surface area contributed by atoms with Crippen molar-refractivity contribution in [2.75, 3.05) is 19.8 Å². The van der Waals surface area contributed by atoms with Crippen molar-refractivity contribution < 1.29 is 9.53 Å². The van der Waals surface area contributed by atoms with E-state index in [0.29, 0.717) is 19.1 Å². The number of benzene rings is 1. The summed E-state index contributed by atoms with van der Waals surface area (Å²) in [4.78, 5) is 11.8. The zero-order valence-electron chi connectivity index (χ0n) is 11.8. The maximum Gasteiger partial charge on any atom is 0.241 e. The molecule has 1 aromatic rings. The van der Waals surface area contributed by atoms with Crippen LogP contribution in [0, 0.1) is 5.92 Å². The first-order valence-electron chi connectivity index (χ1n) is 6.77. The zero-order chi connectivity index (χ0) is 14.1. The molecule has 0 fully saturated rings. The van der Waals surface area contributed by atoms with Crippen LogP contribution in [0.2, 0.25) is 0 Å². The van der Waals surface area contributed by atoms with Crippen LogP contribution in [0.1, 0.15) is 31.9 Å². The van der Waals surface area contributed by atoms with E-state index < -0.39 is 6.04 Å². The van der Waals surface area contributed by atoms with Crippen LogP contribution in [0.5, 0.6) is 0 Å². The van der Waals surface area contributed by atoms with Gasteiger partial charge in [-0.25, -0.2) is 0 Å². The molecule has 0 aliphatic rings. The summed E-state index contributed by atoms with van der Waals surface area (Å²) in [5.74, 6) is 0.399. The van der Waals surface area contributed by atoms with Crippen molar-refractivity contribution in [3.05, 3.63) is 35.9 Å². The average Bonchev–Trinajstić information content (AvgIpc) is 2.42. The highest BCUT2D eigenvalue weighted by molar-refractivity contribution is 5.82. The molecule has 0 aliphatic carbocycles. The third-order valence-corrected chi connectivity index (χ3v) is 2.66. The Morgan fingerprint density at radius 1 is 1.32 bits per heavy atom. The van der Waals surface area contributed by atoms with Gasteiger partial charge in [-0.1, -0.05) is 44.2 Å². The number of nitrogens with two attached hydrogens (primary N) is 1. The summed E-state index contributed by atoms with van der Waals surface area (Å²) in [6, 6.07) is 8.77. The van der Waals surface area contributed by atoms with Gasteiger partial charge < -0.3 is 15.8 Å². The molecule has 19 heavy (non-hydrogen) atoms. The van der Waals surface area contributed by atoms with Crippen LogP contribution in [0.25, 0.3) is 0 Å². The molecule has 0 saturated heterocycles. The van der Waals surface area contributed by atoms with Gasteiger partial charge in [0.15, 0.2) is 0 Å². The summed E-state index contributed by atoms with van der Waals surface area (Å²) in [6.45, 7) is 6.25. The van der Waals surface area contributed by atoms with Crippen LogP contribution in [0.3, 0.4) is 0 Å². The SMILES string of the molecule is CC(C)COCCCNC(=O)[C@@H](N)c1ccccc1. The van der Waals surface area contributed by atoms with E-state index in [1.165, 1.54) is 0 Å². The molecule has 4 heteroatoms. The molecule has 106 valence electrons. The average molecular weight is 264 g/mol. The van der Waals surface area contributed by atoms with E-state index in [-0.39, 0.29) is 5.91 Å². The second-order valence-electron chi connectivity index (χ2n) is 5.00. The molecule has 0 spiro atoms. The third-order valence-electron chi connectivity index (χ3n) is 2.66. The zero-order valence-corrected chi connectivity index (χ0v) is 11.8. The van der Waals surface area contributed by atoms with Gasteiger partial charge in [-0.05, 0) is 17.9 Å². The summed E-state index contributed by atoms with van der Waals surface area (Å²) in [5, 5.41) is 2.83. The molecule has 0 unspecified atom stereocenters. The number of carbonyl (C=O) groups is 1. The summed E-state index contributed by atoms with van der Waals surface area (Å²) in [5.41, 5.74) is 6.71. The van der Waals surface area contributed by atoms with E-state index in [9.17, 15) is 4.79 Å². The van der Waals surface area contributed by atoms with Gasteiger partial charge in [0.1, 0.15) is 6.04 Å². The maximum atomic E-state index is 11.8. The minimum Gasteiger partial charge on any atom is -0.381 e. The Kier molecular flexibility index (Phi) is 7.15. The number of carbonyl (C=O) groups excluding carboxylic acids is 1. The second-order valence-corrected chi connectivity index (χ2v) is 5.00. The van der Waals surface area contributed by atoms with Crippen molar-refractivity contribution >= 4 is 5.91 Å². The first kappa shape index (κ1) is 15.7. The minimum absolute atomic E-state index is 0.143. The number of rotatable bonds is 8. The minimum atomic E-state index is -0.599. The van der Waals surface area contributed by atoms with Crippen molar-refractivity contribution in [1.82, 2.24) is 5.32 Å². The van der Waals surface area contributed by atoms with Crippen LogP contribution in [-0.2, 0) is 9.53 Å². The molecule has 0 aromatic heterocycles. The molecule has 0 saturated carbocycles. The lowest BCUT2D eigenvalue weighted by atomic mass is 10.1. The molecule has 0 aliphatic heterocycles. The fourth-order valence-electron chi connectivity index (χ4n) is 1.63. The van der Waals surface area contributed by atoms with Crippen LogP contribution < -0.4 is 11.1 Å². The van der Waals surface area contributed by atoms with Crippen LogP contribution in [-0.4, -0.2) is 25.7 Å². The van der Waals surface area contributed by atoms with Gasteiger partial charge in [-0.3, -0.25) is 4.79 Å². The van der Waals surface area contributed by atoms with Gasteiger partial charge in [-0.15, -0.1) is 0 Å². The van der Waals surface area contributed by atoms with Crippen LogP contribution >= 0.6 is 0 Å². The predicted octanol–water partition coefficient (Wildman–Crippen LogP) is 1.87. The second kappa shape index (κ2) is 8.67. The number of hydrogen-bond acceptors (Lipinski definition) is 3. The van der Waals surface area contributed by atoms with Crippen molar-refractivity contribution in [3.8, 4) is 0 Å². The van der Waals surface area contributed by atoms with E-state index in [4.69, 9.17) is 10.5 Å². The standard InChI is InChI=1S/C15H24N2O2/c1-12(2)11-19-10-6-9-17-15(18)14(16)13-7-4-3-5-8-13/h3-5,7-8,12,14H,6,9-11,16H2,1-2H3,(H,17,18)/t14-/m0/s1. The Morgan fingerprint density at radius 3 is 2.63 bits per heavy atom. The summed E-state index contributed by atoms with van der Waals surface area (Å²) < 4.78 is 5.44. The van der Waals surface area contributed by atoms with E-state index in [0.717, 1.165) is 18.6 Å². The summed E-state index contributed by atoms with van der Waals surface area (Å²) >= 11 is 0. The number of amides is 1. The molecule has 1 aromatic carbocycles. The summed E-state index contributed by atoms with van der Waals surface area (Å²) in [7, 11) is 0. The molecule has 0 bridgehead atoms. The smallest absolute Gasteiger partial charge is 0.241 e. The Balaban J connectivity index is 2.17. The molecule has 4 nitrogen and oxygen atoms in total. The van der Waals surface area contributed by atoms with Crippen LogP contribution in [0.4, 0.5) is 0 Å². The van der Waals surface area contributed by atoms with Gasteiger partial charge in [0.2, 0.25) is 5.91 Å². The van der Waals surface area contributed by atoms with E-state index in [1.54, 1.807) is 0 Å². The first-order chi connectivity index (χ1) is 9.11. The molecule has 0 radical (unpaired) electrons. The lowest BCUT2D eigenvalue weighted by molar-refractivity contribution is -0.122. The Bertz CT molecular complexity index is 366. The molecule has 1 atom stereocenters. The molecular formula is C15H24N2O2. The Labute approximate surface area is 115 Å². The van der Waals surface area contributed by atoms with Gasteiger partial charge in [-0.2, -0.15) is 0 Å². The highest BCUT2D eigenvalue weighted by atomic mass is 16.5. The highest BCUT2D eigenvalue weighted by Crippen LogP contribution is 2.08. The Morgan fingerprint density at radius 2 is 2.00 bits per heavy atom. The molecule has 1 amide bonds. The maximum absolute atomic E-state index is 11.8. The molecule has 1 rings (SSSR count). The number of ether oxygens (including phenoxy) is 1. The lowest BCUT2D eigenvalue weighted by Crippen LogP contribution is -2.35. The quantitative estimate of drug-likeness (QED) is 0.704. The molecule has 3 N–H and O–H groups in total. The van der Waals surface area contributed by atoms with E-state index in [1.807, 2.05) is 30.3 Å². The van der Waals surface area contributed by atoms with Gasteiger partial charge in [0.05, 0.1) is 0 Å². The fourth-order valence-corrected chi connectivity index (χ4v) is 1.63. The lowest BCUT2D eigenvalue weighted by Gasteiger charge is -2.12. The highest BCUT2D eigenvalue weighted by Gasteiger charge is 2.14. The normalized spacial score (nSPS) is 12.4. The largest absolute Gasteiger partial charge is 0.381 e. The van der Waals surface area contributed by atoms with E-state index in [2.05, 4.69) is 19.2 Å². The van der Waals surface area contributed by atoms with Crippen LogP contribution in [0.15, 0.2) is 30.3 Å². The topological polar surface area (TPSA) is 64.3 Å². The summed E-state index contributed by atoms with van der Waals surface area (Å²) in [6.07, 6.45) is 0.806. The van der Waals surface area contributed by atoms with Gasteiger partial charge in [0, 0.05) is 19.8 Å². The molecule has 0 heterocycles. The van der Waals surface area contributed by atoms with Crippen molar-refractivity contribution in [2.24, 2.45) is 11.7 Å². The van der Waals surface area contributed by atoms with Crippen molar-refractivity contribution in [3.63, 3.8) is 0 Å².